The zero-order valence-corrected chi connectivity index (χ0v) is 11.3. The summed E-state index contributed by atoms with van der Waals surface area (Å²) in [5.74, 6) is 1.62. The van der Waals surface area contributed by atoms with Crippen LogP contribution in [0.4, 0.5) is 5.82 Å². The standard InChI is InChI=1S/C12H16N8O/c13-3-4-19-10-7(6-15-19)11-16-9(8-2-1-5-21-8)18-20(11)12(14)17-10/h2,6,9,14,16,18H,1,3-5,13H2. The second-order valence-corrected chi connectivity index (χ2v) is 4.96. The van der Waals surface area contributed by atoms with Gasteiger partial charge in [-0.15, -0.1) is 0 Å². The second-order valence-electron chi connectivity index (χ2n) is 4.96. The van der Waals surface area contributed by atoms with Gasteiger partial charge in [0.05, 0.1) is 24.7 Å². The predicted molar refractivity (Wildman–Crippen MR) is 75.9 cm³/mol. The van der Waals surface area contributed by atoms with E-state index in [1.807, 2.05) is 6.08 Å². The lowest BCUT2D eigenvalue weighted by Gasteiger charge is -2.12. The van der Waals surface area contributed by atoms with E-state index in [0.717, 1.165) is 23.4 Å². The maximum Gasteiger partial charge on any atom is 0.244 e. The smallest absolute Gasteiger partial charge is 0.244 e. The Morgan fingerprint density at radius 2 is 2.43 bits per heavy atom. The van der Waals surface area contributed by atoms with Gasteiger partial charge in [0.2, 0.25) is 5.62 Å². The van der Waals surface area contributed by atoms with Crippen LogP contribution in [0.15, 0.2) is 18.0 Å². The van der Waals surface area contributed by atoms with E-state index < -0.39 is 0 Å². The molecule has 0 amide bonds. The molecule has 1 atom stereocenters. The molecule has 4 heterocycles. The SMILES string of the molecule is N=c1nc2c(cnn2CCN)c2n1NC(C1=CCCO1)N2. The molecule has 0 saturated carbocycles. The van der Waals surface area contributed by atoms with Gasteiger partial charge in [-0.3, -0.25) is 10.8 Å². The van der Waals surface area contributed by atoms with Crippen LogP contribution in [0.5, 0.6) is 0 Å². The Balaban J connectivity index is 1.80. The van der Waals surface area contributed by atoms with Crippen molar-refractivity contribution in [3.8, 4) is 0 Å². The minimum absolute atomic E-state index is 0.116. The van der Waals surface area contributed by atoms with Gasteiger partial charge in [0, 0.05) is 13.0 Å². The van der Waals surface area contributed by atoms with E-state index in [4.69, 9.17) is 15.9 Å². The molecule has 2 aromatic rings. The topological polar surface area (TPSA) is 119 Å². The van der Waals surface area contributed by atoms with E-state index in [-0.39, 0.29) is 11.8 Å². The van der Waals surface area contributed by atoms with E-state index in [1.165, 1.54) is 0 Å². The number of hydrogen-bond acceptors (Lipinski definition) is 7. The lowest BCUT2D eigenvalue weighted by atomic mass is 10.3. The first-order valence-electron chi connectivity index (χ1n) is 6.87. The average molecular weight is 288 g/mol. The number of rotatable bonds is 3. The zero-order valence-electron chi connectivity index (χ0n) is 11.3. The molecule has 2 aromatic heterocycles. The minimum atomic E-state index is -0.179. The van der Waals surface area contributed by atoms with Crippen LogP contribution >= 0.6 is 0 Å². The third kappa shape index (κ3) is 1.77. The first-order chi connectivity index (χ1) is 10.3. The van der Waals surface area contributed by atoms with Gasteiger partial charge in [-0.05, 0) is 6.08 Å². The Labute approximate surface area is 119 Å². The van der Waals surface area contributed by atoms with Crippen LogP contribution in [-0.4, -0.2) is 38.8 Å². The average Bonchev–Trinajstić information content (AvgIpc) is 3.16. The summed E-state index contributed by atoms with van der Waals surface area (Å²) in [5, 5.41) is 16.6. The number of nitrogens with zero attached hydrogens (tertiary/aromatic N) is 4. The van der Waals surface area contributed by atoms with Gasteiger partial charge >= 0.3 is 0 Å². The number of nitrogens with two attached hydrogens (primary N) is 1. The Hall–Kier alpha value is -2.55. The monoisotopic (exact) mass is 288 g/mol. The van der Waals surface area contributed by atoms with Gasteiger partial charge in [0.15, 0.2) is 11.8 Å². The normalized spacial score (nSPS) is 19.9. The largest absolute Gasteiger partial charge is 0.494 e. The molecule has 9 nitrogen and oxygen atoms in total. The number of ether oxygens (including phenoxy) is 1. The molecule has 9 heteroatoms. The molecule has 0 spiro atoms. The molecule has 0 radical (unpaired) electrons. The van der Waals surface area contributed by atoms with E-state index in [0.29, 0.717) is 25.3 Å². The summed E-state index contributed by atoms with van der Waals surface area (Å²) in [6.07, 6.45) is 4.52. The van der Waals surface area contributed by atoms with Crippen molar-refractivity contribution in [3.63, 3.8) is 0 Å². The summed E-state index contributed by atoms with van der Waals surface area (Å²) < 4.78 is 8.90. The molecule has 0 aromatic carbocycles. The maximum absolute atomic E-state index is 8.08. The molecule has 0 bridgehead atoms. The van der Waals surface area contributed by atoms with Gasteiger partial charge in [0.1, 0.15) is 11.6 Å². The molecule has 4 rings (SSSR count). The number of aromatic nitrogens is 4. The van der Waals surface area contributed by atoms with Crippen LogP contribution in [-0.2, 0) is 11.3 Å². The van der Waals surface area contributed by atoms with Gasteiger partial charge in [-0.25, -0.2) is 9.36 Å². The third-order valence-corrected chi connectivity index (χ3v) is 3.61. The summed E-state index contributed by atoms with van der Waals surface area (Å²) in [5.41, 5.74) is 9.53. The Morgan fingerprint density at radius 1 is 1.52 bits per heavy atom. The van der Waals surface area contributed by atoms with Crippen molar-refractivity contribution in [1.29, 1.82) is 5.41 Å². The van der Waals surface area contributed by atoms with Crippen LogP contribution in [0.3, 0.4) is 0 Å². The Kier molecular flexibility index (Phi) is 2.61. The number of hydrogen-bond donors (Lipinski definition) is 4. The molecule has 5 N–H and O–H groups in total. The van der Waals surface area contributed by atoms with Crippen molar-refractivity contribution < 1.29 is 4.74 Å². The molecule has 0 fully saturated rings. The zero-order chi connectivity index (χ0) is 14.4. The lowest BCUT2D eigenvalue weighted by molar-refractivity contribution is 0.232. The molecule has 2 aliphatic rings. The fourth-order valence-corrected chi connectivity index (χ4v) is 2.67. The summed E-state index contributed by atoms with van der Waals surface area (Å²) in [6, 6.07) is 0. The highest BCUT2D eigenvalue weighted by molar-refractivity contribution is 5.87. The Morgan fingerprint density at radius 3 is 3.19 bits per heavy atom. The third-order valence-electron chi connectivity index (χ3n) is 3.61. The molecule has 21 heavy (non-hydrogen) atoms. The first-order valence-corrected chi connectivity index (χ1v) is 6.87. The summed E-state index contributed by atoms with van der Waals surface area (Å²) in [7, 11) is 0. The fraction of sp³-hybridized carbons (Fsp3) is 0.417. The lowest BCUT2D eigenvalue weighted by Crippen LogP contribution is -2.33. The molecule has 1 unspecified atom stereocenters. The highest BCUT2D eigenvalue weighted by Crippen LogP contribution is 2.26. The summed E-state index contributed by atoms with van der Waals surface area (Å²) in [4.78, 5) is 4.30. The van der Waals surface area contributed by atoms with Gasteiger partial charge < -0.3 is 15.8 Å². The summed E-state index contributed by atoms with van der Waals surface area (Å²) >= 11 is 0. The van der Waals surface area contributed by atoms with Crippen molar-refractivity contribution in [2.75, 3.05) is 23.9 Å². The van der Waals surface area contributed by atoms with Crippen LogP contribution in [0.1, 0.15) is 6.42 Å². The number of anilines is 1. The molecule has 2 aliphatic heterocycles. The number of fused-ring (bicyclic) bond motifs is 3. The Bertz CT molecular complexity index is 788. The second kappa shape index (κ2) is 4.48. The highest BCUT2D eigenvalue weighted by atomic mass is 16.5. The minimum Gasteiger partial charge on any atom is -0.494 e. The molecular weight excluding hydrogens is 272 g/mol. The van der Waals surface area contributed by atoms with Crippen LogP contribution in [0.2, 0.25) is 0 Å². The predicted octanol–water partition coefficient (Wildman–Crippen LogP) is -0.730. The van der Waals surface area contributed by atoms with Crippen molar-refractivity contribution >= 4 is 16.9 Å². The van der Waals surface area contributed by atoms with E-state index in [1.54, 1.807) is 15.6 Å². The van der Waals surface area contributed by atoms with E-state index >= 15 is 0 Å². The highest BCUT2D eigenvalue weighted by Gasteiger charge is 2.28. The first kappa shape index (κ1) is 12.2. The molecular formula is C12H16N8O. The van der Waals surface area contributed by atoms with Crippen LogP contribution < -0.4 is 22.1 Å². The maximum atomic E-state index is 8.08. The summed E-state index contributed by atoms with van der Waals surface area (Å²) in [6.45, 7) is 1.75. The van der Waals surface area contributed by atoms with Crippen molar-refractivity contribution in [2.45, 2.75) is 19.1 Å². The van der Waals surface area contributed by atoms with Crippen molar-refractivity contribution in [3.05, 3.63) is 23.7 Å². The fourth-order valence-electron chi connectivity index (χ4n) is 2.67. The quantitative estimate of drug-likeness (QED) is 0.591. The molecule has 0 saturated heterocycles. The van der Waals surface area contributed by atoms with Crippen LogP contribution in [0.25, 0.3) is 11.0 Å². The molecule has 0 aliphatic carbocycles. The van der Waals surface area contributed by atoms with Gasteiger partial charge in [-0.2, -0.15) is 10.1 Å². The van der Waals surface area contributed by atoms with E-state index in [2.05, 4.69) is 20.8 Å². The van der Waals surface area contributed by atoms with E-state index in [9.17, 15) is 0 Å². The van der Waals surface area contributed by atoms with Gasteiger partial charge in [-0.1, -0.05) is 0 Å². The van der Waals surface area contributed by atoms with Crippen molar-refractivity contribution in [2.24, 2.45) is 5.73 Å². The molecule has 110 valence electrons. The van der Waals surface area contributed by atoms with Crippen molar-refractivity contribution in [1.82, 2.24) is 19.4 Å². The number of nitrogens with one attached hydrogen (secondary N) is 3. The van der Waals surface area contributed by atoms with Crippen LogP contribution in [0, 0.1) is 5.41 Å². The van der Waals surface area contributed by atoms with Gasteiger partial charge in [0.25, 0.3) is 0 Å².